The van der Waals surface area contributed by atoms with Crippen LogP contribution >= 0.6 is 0 Å². The number of piperidine rings is 1. The summed E-state index contributed by atoms with van der Waals surface area (Å²) in [5, 5.41) is 3.81. The van der Waals surface area contributed by atoms with Gasteiger partial charge in [-0.25, -0.2) is 8.42 Å². The second-order valence-electron chi connectivity index (χ2n) is 8.52. The van der Waals surface area contributed by atoms with Crippen molar-refractivity contribution in [3.63, 3.8) is 0 Å². The summed E-state index contributed by atoms with van der Waals surface area (Å²) in [5.74, 6) is 0.529. The lowest BCUT2D eigenvalue weighted by Crippen LogP contribution is -2.41. The summed E-state index contributed by atoms with van der Waals surface area (Å²) in [5.41, 5.74) is 1.23. The summed E-state index contributed by atoms with van der Waals surface area (Å²) in [4.78, 5) is 13.1. The van der Waals surface area contributed by atoms with Crippen LogP contribution in [0.25, 0.3) is 11.0 Å². The number of benzene rings is 1. The summed E-state index contributed by atoms with van der Waals surface area (Å²) in [6.07, 6.45) is 7.33. The lowest BCUT2D eigenvalue weighted by atomic mass is 9.86. The Balaban J connectivity index is 1.61. The zero-order valence-corrected chi connectivity index (χ0v) is 18.1. The van der Waals surface area contributed by atoms with Crippen molar-refractivity contribution in [3.8, 4) is 0 Å². The molecule has 1 aliphatic carbocycles. The Morgan fingerprint density at radius 2 is 1.83 bits per heavy atom. The van der Waals surface area contributed by atoms with E-state index in [9.17, 15) is 13.2 Å². The lowest BCUT2D eigenvalue weighted by Gasteiger charge is -2.29. The van der Waals surface area contributed by atoms with Gasteiger partial charge in [0.25, 0.3) is 5.91 Å². The van der Waals surface area contributed by atoms with Crippen LogP contribution in [0.1, 0.15) is 68.0 Å². The van der Waals surface area contributed by atoms with E-state index in [0.717, 1.165) is 38.5 Å². The van der Waals surface area contributed by atoms with Gasteiger partial charge in [-0.2, -0.15) is 4.31 Å². The first-order valence-corrected chi connectivity index (χ1v) is 12.2. The summed E-state index contributed by atoms with van der Waals surface area (Å²) < 4.78 is 33.4. The highest BCUT2D eigenvalue weighted by atomic mass is 32.2. The van der Waals surface area contributed by atoms with E-state index in [1.807, 2.05) is 6.92 Å². The Kier molecular flexibility index (Phi) is 5.71. The second-order valence-corrected chi connectivity index (χ2v) is 10.5. The summed E-state index contributed by atoms with van der Waals surface area (Å²) in [6.45, 7) is 5.13. The van der Waals surface area contributed by atoms with E-state index in [0.29, 0.717) is 35.5 Å². The average molecular weight is 419 g/mol. The fraction of sp³-hybridized carbons (Fsp3) is 0.591. The minimum absolute atomic E-state index is 0.166. The number of furan rings is 1. The lowest BCUT2D eigenvalue weighted by molar-refractivity contribution is 0.0883. The van der Waals surface area contributed by atoms with E-state index in [4.69, 9.17) is 4.42 Å². The molecule has 158 valence electrons. The second kappa shape index (κ2) is 8.11. The van der Waals surface area contributed by atoms with Crippen molar-refractivity contribution in [2.75, 3.05) is 13.1 Å². The van der Waals surface area contributed by atoms with Gasteiger partial charge in [-0.1, -0.05) is 26.2 Å². The van der Waals surface area contributed by atoms with Crippen LogP contribution in [0.5, 0.6) is 0 Å². The van der Waals surface area contributed by atoms with Crippen molar-refractivity contribution >= 4 is 26.9 Å². The number of carbonyl (C=O) groups excluding carboxylic acids is 1. The van der Waals surface area contributed by atoms with Gasteiger partial charge in [-0.05, 0) is 56.7 Å². The molecule has 1 aliphatic heterocycles. The molecular weight excluding hydrogens is 388 g/mol. The topological polar surface area (TPSA) is 79.6 Å². The standard InChI is InChI=1S/C22H30N2O4S/c1-15-8-4-5-9-19(15)23-22(25)21-16(2)18-14-17(10-11-20(18)28-21)29(26,27)24-12-6-3-7-13-24/h10-11,14-15,19H,3-9,12-13H2,1-2H3,(H,23,25)/t15-,19-/m0/s1. The number of hydrogen-bond acceptors (Lipinski definition) is 4. The predicted molar refractivity (Wildman–Crippen MR) is 112 cm³/mol. The van der Waals surface area contributed by atoms with Crippen molar-refractivity contribution in [2.45, 2.75) is 69.7 Å². The molecular formula is C22H30N2O4S. The molecule has 2 aliphatic rings. The van der Waals surface area contributed by atoms with Gasteiger partial charge in [0.1, 0.15) is 5.58 Å². The number of nitrogens with zero attached hydrogens (tertiary/aromatic N) is 1. The molecule has 1 aromatic carbocycles. The SMILES string of the molecule is Cc1c(C(=O)N[C@H]2CCCC[C@@H]2C)oc2ccc(S(=O)(=O)N3CCCCC3)cc12. The third kappa shape index (κ3) is 3.94. The molecule has 1 amide bonds. The molecule has 2 fully saturated rings. The Bertz CT molecular complexity index is 1010. The monoisotopic (exact) mass is 418 g/mol. The summed E-state index contributed by atoms with van der Waals surface area (Å²) >= 11 is 0. The maximum atomic E-state index is 13.0. The molecule has 1 aromatic heterocycles. The van der Waals surface area contributed by atoms with E-state index < -0.39 is 10.0 Å². The van der Waals surface area contributed by atoms with E-state index in [1.54, 1.807) is 22.5 Å². The number of rotatable bonds is 4. The fourth-order valence-electron chi connectivity index (χ4n) is 4.60. The fourth-order valence-corrected chi connectivity index (χ4v) is 6.14. The van der Waals surface area contributed by atoms with Crippen LogP contribution in [-0.4, -0.2) is 37.8 Å². The first-order chi connectivity index (χ1) is 13.9. The van der Waals surface area contributed by atoms with E-state index in [-0.39, 0.29) is 22.6 Å². The Morgan fingerprint density at radius 3 is 2.55 bits per heavy atom. The highest BCUT2D eigenvalue weighted by Crippen LogP contribution is 2.30. The third-order valence-corrected chi connectivity index (χ3v) is 8.39. The highest BCUT2D eigenvalue weighted by Gasteiger charge is 2.29. The van der Waals surface area contributed by atoms with Gasteiger partial charge in [0, 0.05) is 30.1 Å². The molecule has 1 saturated carbocycles. The smallest absolute Gasteiger partial charge is 0.287 e. The van der Waals surface area contributed by atoms with Gasteiger partial charge in [0.15, 0.2) is 5.76 Å². The number of amides is 1. The van der Waals surface area contributed by atoms with Gasteiger partial charge in [0.05, 0.1) is 4.90 Å². The highest BCUT2D eigenvalue weighted by molar-refractivity contribution is 7.89. The molecule has 6 nitrogen and oxygen atoms in total. The van der Waals surface area contributed by atoms with Crippen LogP contribution < -0.4 is 5.32 Å². The van der Waals surface area contributed by atoms with E-state index in [1.165, 1.54) is 6.42 Å². The Morgan fingerprint density at radius 1 is 1.10 bits per heavy atom. The largest absolute Gasteiger partial charge is 0.451 e. The van der Waals surface area contributed by atoms with Crippen LogP contribution in [0, 0.1) is 12.8 Å². The van der Waals surface area contributed by atoms with Gasteiger partial charge >= 0.3 is 0 Å². The average Bonchev–Trinajstić information content (AvgIpc) is 3.06. The molecule has 7 heteroatoms. The van der Waals surface area contributed by atoms with Crippen molar-refractivity contribution in [1.29, 1.82) is 0 Å². The first-order valence-electron chi connectivity index (χ1n) is 10.7. The minimum Gasteiger partial charge on any atom is -0.451 e. The zero-order chi connectivity index (χ0) is 20.6. The normalized spacial score (nSPS) is 23.9. The van der Waals surface area contributed by atoms with Crippen molar-refractivity contribution in [1.82, 2.24) is 9.62 Å². The quantitative estimate of drug-likeness (QED) is 0.806. The molecule has 2 atom stereocenters. The maximum absolute atomic E-state index is 13.0. The molecule has 0 radical (unpaired) electrons. The molecule has 29 heavy (non-hydrogen) atoms. The predicted octanol–water partition coefficient (Wildman–Crippen LogP) is 4.22. The zero-order valence-electron chi connectivity index (χ0n) is 17.2. The third-order valence-electron chi connectivity index (χ3n) is 6.49. The molecule has 0 bridgehead atoms. The summed E-state index contributed by atoms with van der Waals surface area (Å²) in [6, 6.07) is 5.07. The minimum atomic E-state index is -3.52. The number of fused-ring (bicyclic) bond motifs is 1. The van der Waals surface area contributed by atoms with Gasteiger partial charge in [-0.3, -0.25) is 4.79 Å². The van der Waals surface area contributed by atoms with Crippen LogP contribution in [0.3, 0.4) is 0 Å². The van der Waals surface area contributed by atoms with Crippen LogP contribution in [0.2, 0.25) is 0 Å². The molecule has 1 saturated heterocycles. The maximum Gasteiger partial charge on any atom is 0.287 e. The van der Waals surface area contributed by atoms with Gasteiger partial charge < -0.3 is 9.73 Å². The summed E-state index contributed by atoms with van der Waals surface area (Å²) in [7, 11) is -3.52. The molecule has 0 spiro atoms. The Labute approximate surface area is 172 Å². The molecule has 2 heterocycles. The number of nitrogens with one attached hydrogen (secondary N) is 1. The van der Waals surface area contributed by atoms with Crippen molar-refractivity contribution in [2.24, 2.45) is 5.92 Å². The van der Waals surface area contributed by atoms with Crippen molar-refractivity contribution < 1.29 is 17.6 Å². The van der Waals surface area contributed by atoms with Gasteiger partial charge in [0.2, 0.25) is 10.0 Å². The molecule has 2 aromatic rings. The van der Waals surface area contributed by atoms with Gasteiger partial charge in [-0.15, -0.1) is 0 Å². The van der Waals surface area contributed by atoms with E-state index in [2.05, 4.69) is 12.2 Å². The van der Waals surface area contributed by atoms with Crippen LogP contribution in [-0.2, 0) is 10.0 Å². The molecule has 0 unspecified atom stereocenters. The molecule has 1 N–H and O–H groups in total. The Hall–Kier alpha value is -1.86. The number of hydrogen-bond donors (Lipinski definition) is 1. The number of aryl methyl sites for hydroxylation is 1. The van der Waals surface area contributed by atoms with Crippen LogP contribution in [0.15, 0.2) is 27.5 Å². The number of sulfonamides is 1. The first kappa shape index (κ1) is 20.4. The number of carbonyl (C=O) groups is 1. The van der Waals surface area contributed by atoms with Crippen molar-refractivity contribution in [3.05, 3.63) is 29.5 Å². The van der Waals surface area contributed by atoms with Crippen LogP contribution in [0.4, 0.5) is 0 Å². The molecule has 4 rings (SSSR count). The van der Waals surface area contributed by atoms with E-state index >= 15 is 0 Å².